The van der Waals surface area contributed by atoms with E-state index in [1.165, 1.54) is 12.0 Å². The van der Waals surface area contributed by atoms with Gasteiger partial charge < -0.3 is 9.47 Å². The Hall–Kier alpha value is -1.52. The summed E-state index contributed by atoms with van der Waals surface area (Å²) in [6.45, 7) is 2.55. The van der Waals surface area contributed by atoms with Gasteiger partial charge in [0.2, 0.25) is 0 Å². The lowest BCUT2D eigenvalue weighted by Gasteiger charge is -2.12. The van der Waals surface area contributed by atoms with Crippen molar-refractivity contribution >= 4 is 29.2 Å². The number of aryl methyl sites for hydroxylation is 1. The Morgan fingerprint density at radius 3 is 2.65 bits per heavy atom. The second-order valence-electron chi connectivity index (χ2n) is 4.16. The number of hydrogen-bond acceptors (Lipinski definition) is 4. The molecular formula is C15H15ClO3S. The molecule has 0 saturated heterocycles. The molecule has 1 aromatic carbocycles. The van der Waals surface area contributed by atoms with E-state index in [2.05, 4.69) is 13.0 Å². The monoisotopic (exact) mass is 310 g/mol. The molecule has 0 radical (unpaired) electrons. The Morgan fingerprint density at radius 2 is 2.05 bits per heavy atom. The Morgan fingerprint density at radius 1 is 1.30 bits per heavy atom. The van der Waals surface area contributed by atoms with E-state index in [0.717, 1.165) is 17.6 Å². The van der Waals surface area contributed by atoms with Gasteiger partial charge >= 0.3 is 0 Å². The van der Waals surface area contributed by atoms with Crippen molar-refractivity contribution in [2.24, 2.45) is 0 Å². The summed E-state index contributed by atoms with van der Waals surface area (Å²) in [5.74, 6) is 0.929. The number of ether oxygens (including phenoxy) is 2. The van der Waals surface area contributed by atoms with E-state index < -0.39 is 0 Å². The molecule has 2 rings (SSSR count). The van der Waals surface area contributed by atoms with Gasteiger partial charge in [0.05, 0.1) is 12.1 Å². The molecule has 1 heterocycles. The van der Waals surface area contributed by atoms with E-state index in [1.54, 1.807) is 23.5 Å². The SMILES string of the molecule is CCc1ccc(COc2c(Cl)cc(C=O)cc2OC)s1. The first-order valence-electron chi connectivity index (χ1n) is 6.21. The van der Waals surface area contributed by atoms with Crippen LogP contribution in [0, 0.1) is 0 Å². The first-order chi connectivity index (χ1) is 9.67. The third-order valence-electron chi connectivity index (χ3n) is 2.81. The molecule has 0 aliphatic heterocycles. The molecule has 0 N–H and O–H groups in total. The standard InChI is InChI=1S/C15H15ClO3S/c1-3-11-4-5-12(20-11)9-19-15-13(16)6-10(8-17)7-14(15)18-2/h4-8H,3,9H2,1-2H3. The van der Waals surface area contributed by atoms with Crippen molar-refractivity contribution in [3.63, 3.8) is 0 Å². The molecule has 20 heavy (non-hydrogen) atoms. The summed E-state index contributed by atoms with van der Waals surface area (Å²) in [4.78, 5) is 13.2. The molecule has 0 unspecified atom stereocenters. The second kappa shape index (κ2) is 6.77. The van der Waals surface area contributed by atoms with Gasteiger partial charge in [0.25, 0.3) is 0 Å². The largest absolute Gasteiger partial charge is 0.493 e. The van der Waals surface area contributed by atoms with Gasteiger partial charge in [-0.3, -0.25) is 4.79 Å². The average Bonchev–Trinajstić information content (AvgIpc) is 2.93. The highest BCUT2D eigenvalue weighted by Crippen LogP contribution is 2.36. The summed E-state index contributed by atoms with van der Waals surface area (Å²) < 4.78 is 11.0. The number of carbonyl (C=O) groups excluding carboxylic acids is 1. The van der Waals surface area contributed by atoms with Crippen LogP contribution < -0.4 is 9.47 Å². The fourth-order valence-corrected chi connectivity index (χ4v) is 2.93. The molecule has 0 saturated carbocycles. The zero-order valence-electron chi connectivity index (χ0n) is 11.3. The second-order valence-corrected chi connectivity index (χ2v) is 5.82. The fourth-order valence-electron chi connectivity index (χ4n) is 1.78. The van der Waals surface area contributed by atoms with E-state index in [9.17, 15) is 4.79 Å². The minimum Gasteiger partial charge on any atom is -0.493 e. The minimum atomic E-state index is 0.374. The molecule has 0 spiro atoms. The van der Waals surface area contributed by atoms with Gasteiger partial charge in [0.1, 0.15) is 12.9 Å². The van der Waals surface area contributed by atoms with Crippen molar-refractivity contribution in [3.05, 3.63) is 44.6 Å². The smallest absolute Gasteiger partial charge is 0.180 e. The van der Waals surface area contributed by atoms with Crippen LogP contribution in [0.5, 0.6) is 11.5 Å². The summed E-state index contributed by atoms with van der Waals surface area (Å²) >= 11 is 7.84. The Labute approximate surface area is 127 Å². The van der Waals surface area contributed by atoms with E-state index in [4.69, 9.17) is 21.1 Å². The van der Waals surface area contributed by atoms with Gasteiger partial charge in [0, 0.05) is 15.3 Å². The maximum Gasteiger partial charge on any atom is 0.180 e. The zero-order chi connectivity index (χ0) is 14.5. The van der Waals surface area contributed by atoms with Gasteiger partial charge in [-0.2, -0.15) is 0 Å². The maximum absolute atomic E-state index is 10.8. The highest BCUT2D eigenvalue weighted by atomic mass is 35.5. The predicted octanol–water partition coefficient (Wildman–Crippen LogP) is 4.36. The summed E-state index contributed by atoms with van der Waals surface area (Å²) in [5, 5.41) is 0.374. The third-order valence-corrected chi connectivity index (χ3v) is 4.30. The normalized spacial score (nSPS) is 10.3. The zero-order valence-corrected chi connectivity index (χ0v) is 12.9. The van der Waals surface area contributed by atoms with Crippen LogP contribution in [0.4, 0.5) is 0 Å². The lowest BCUT2D eigenvalue weighted by molar-refractivity contribution is 0.112. The van der Waals surface area contributed by atoms with Crippen molar-refractivity contribution in [1.29, 1.82) is 0 Å². The summed E-state index contributed by atoms with van der Waals surface area (Å²) in [7, 11) is 1.52. The van der Waals surface area contributed by atoms with Gasteiger partial charge in [-0.25, -0.2) is 0 Å². The minimum absolute atomic E-state index is 0.374. The van der Waals surface area contributed by atoms with Crippen molar-refractivity contribution < 1.29 is 14.3 Å². The Bertz CT molecular complexity index is 607. The van der Waals surface area contributed by atoms with Gasteiger partial charge in [-0.05, 0) is 30.7 Å². The highest BCUT2D eigenvalue weighted by Gasteiger charge is 2.12. The van der Waals surface area contributed by atoms with Crippen LogP contribution in [0.2, 0.25) is 5.02 Å². The number of rotatable bonds is 6. The quantitative estimate of drug-likeness (QED) is 0.743. The van der Waals surface area contributed by atoms with Crippen molar-refractivity contribution in [2.75, 3.05) is 7.11 Å². The molecule has 1 aromatic heterocycles. The molecule has 0 aliphatic carbocycles. The maximum atomic E-state index is 10.8. The molecule has 0 fully saturated rings. The summed E-state index contributed by atoms with van der Waals surface area (Å²) in [6.07, 6.45) is 1.74. The molecule has 0 bridgehead atoms. The lowest BCUT2D eigenvalue weighted by Crippen LogP contribution is -1.98. The number of hydrogen-bond donors (Lipinski definition) is 0. The molecule has 106 valence electrons. The first-order valence-corrected chi connectivity index (χ1v) is 7.40. The molecule has 0 aliphatic rings. The molecule has 0 atom stereocenters. The van der Waals surface area contributed by atoms with Crippen LogP contribution in [-0.2, 0) is 13.0 Å². The van der Waals surface area contributed by atoms with Crippen LogP contribution in [-0.4, -0.2) is 13.4 Å². The topological polar surface area (TPSA) is 35.5 Å². The number of thiophene rings is 1. The number of aldehydes is 1. The lowest BCUT2D eigenvalue weighted by atomic mass is 10.2. The van der Waals surface area contributed by atoms with E-state index in [0.29, 0.717) is 28.7 Å². The van der Waals surface area contributed by atoms with Crippen molar-refractivity contribution in [2.45, 2.75) is 20.0 Å². The summed E-state index contributed by atoms with van der Waals surface area (Å²) in [6, 6.07) is 7.32. The average molecular weight is 311 g/mol. The number of halogens is 1. The van der Waals surface area contributed by atoms with Gasteiger partial charge in [-0.1, -0.05) is 18.5 Å². The van der Waals surface area contributed by atoms with Gasteiger partial charge in [-0.15, -0.1) is 11.3 Å². The summed E-state index contributed by atoms with van der Waals surface area (Å²) in [5.41, 5.74) is 0.462. The van der Waals surface area contributed by atoms with Crippen molar-refractivity contribution in [1.82, 2.24) is 0 Å². The van der Waals surface area contributed by atoms with Crippen LogP contribution in [0.25, 0.3) is 0 Å². The van der Waals surface area contributed by atoms with Gasteiger partial charge in [0.15, 0.2) is 11.5 Å². The number of benzene rings is 1. The highest BCUT2D eigenvalue weighted by molar-refractivity contribution is 7.11. The fraction of sp³-hybridized carbons (Fsp3) is 0.267. The Balaban J connectivity index is 2.18. The van der Waals surface area contributed by atoms with E-state index in [1.807, 2.05) is 6.07 Å². The Kier molecular flexibility index (Phi) is 5.04. The third kappa shape index (κ3) is 3.32. The van der Waals surface area contributed by atoms with E-state index >= 15 is 0 Å². The molecule has 0 amide bonds. The van der Waals surface area contributed by atoms with Crippen molar-refractivity contribution in [3.8, 4) is 11.5 Å². The first kappa shape index (κ1) is 14.9. The number of methoxy groups -OCH3 is 1. The number of carbonyl (C=O) groups is 1. The molecule has 3 nitrogen and oxygen atoms in total. The predicted molar refractivity (Wildman–Crippen MR) is 81.4 cm³/mol. The van der Waals surface area contributed by atoms with Crippen LogP contribution in [0.15, 0.2) is 24.3 Å². The molecule has 2 aromatic rings. The van der Waals surface area contributed by atoms with Crippen LogP contribution >= 0.6 is 22.9 Å². The van der Waals surface area contributed by atoms with Crippen LogP contribution in [0.1, 0.15) is 27.0 Å². The van der Waals surface area contributed by atoms with Crippen LogP contribution in [0.3, 0.4) is 0 Å². The molecular weight excluding hydrogens is 296 g/mol. The molecule has 5 heteroatoms. The van der Waals surface area contributed by atoms with E-state index in [-0.39, 0.29) is 0 Å².